The maximum absolute atomic E-state index is 12.2. The van der Waals surface area contributed by atoms with Gasteiger partial charge in [0, 0.05) is 11.4 Å². The first-order chi connectivity index (χ1) is 9.65. The zero-order valence-electron chi connectivity index (χ0n) is 12.1. The summed E-state index contributed by atoms with van der Waals surface area (Å²) in [5.74, 6) is 0.544. The van der Waals surface area contributed by atoms with E-state index in [1.165, 1.54) is 11.3 Å². The van der Waals surface area contributed by atoms with Gasteiger partial charge in [-0.05, 0) is 26.2 Å². The third-order valence-corrected chi connectivity index (χ3v) is 4.08. The minimum atomic E-state index is -0.173. The van der Waals surface area contributed by atoms with E-state index in [-0.39, 0.29) is 11.9 Å². The molecule has 1 N–H and O–H groups in total. The van der Waals surface area contributed by atoms with Gasteiger partial charge in [-0.1, -0.05) is 13.8 Å². The topological polar surface area (TPSA) is 59.8 Å². The molecule has 0 saturated heterocycles. The monoisotopic (exact) mass is 292 g/mol. The zero-order chi connectivity index (χ0) is 14.5. The maximum Gasteiger partial charge on any atom is 0.276 e. The van der Waals surface area contributed by atoms with Gasteiger partial charge in [-0.15, -0.1) is 11.3 Å². The van der Waals surface area contributed by atoms with Gasteiger partial charge in [0.05, 0.1) is 17.2 Å². The summed E-state index contributed by atoms with van der Waals surface area (Å²) in [7, 11) is 0. The molecule has 2 aromatic heterocycles. The van der Waals surface area contributed by atoms with Crippen LogP contribution in [0.5, 0.6) is 0 Å². The van der Waals surface area contributed by atoms with E-state index in [0.717, 1.165) is 30.1 Å². The largest absolute Gasteiger partial charge is 0.305 e. The SMILES string of the molecule is CCCc1nc(C(=O)Nc2ccnn2C(C)CC)cs1. The number of aromatic nitrogens is 3. The molecule has 1 atom stereocenters. The van der Waals surface area contributed by atoms with Crippen molar-refractivity contribution in [3.63, 3.8) is 0 Å². The molecule has 0 aliphatic heterocycles. The van der Waals surface area contributed by atoms with Gasteiger partial charge in [-0.3, -0.25) is 4.79 Å². The van der Waals surface area contributed by atoms with Crippen LogP contribution in [0.15, 0.2) is 17.6 Å². The molecule has 2 aromatic rings. The average molecular weight is 292 g/mol. The van der Waals surface area contributed by atoms with E-state index in [1.54, 1.807) is 6.20 Å². The van der Waals surface area contributed by atoms with Crippen molar-refractivity contribution < 1.29 is 4.79 Å². The Kier molecular flexibility index (Phi) is 4.89. The number of nitrogens with one attached hydrogen (secondary N) is 1. The summed E-state index contributed by atoms with van der Waals surface area (Å²) in [6.07, 6.45) is 4.62. The van der Waals surface area contributed by atoms with Crippen LogP contribution in [-0.2, 0) is 6.42 Å². The number of aryl methyl sites for hydroxylation is 1. The summed E-state index contributed by atoms with van der Waals surface area (Å²) >= 11 is 1.54. The lowest BCUT2D eigenvalue weighted by Crippen LogP contribution is -2.17. The molecule has 2 heterocycles. The smallest absolute Gasteiger partial charge is 0.276 e. The lowest BCUT2D eigenvalue weighted by atomic mass is 10.3. The van der Waals surface area contributed by atoms with Crippen LogP contribution in [0, 0.1) is 0 Å². The molecule has 20 heavy (non-hydrogen) atoms. The van der Waals surface area contributed by atoms with Crippen LogP contribution in [0.25, 0.3) is 0 Å². The first-order valence-electron chi connectivity index (χ1n) is 6.95. The summed E-state index contributed by atoms with van der Waals surface area (Å²) < 4.78 is 1.83. The molecule has 1 amide bonds. The second-order valence-corrected chi connectivity index (χ2v) is 5.69. The van der Waals surface area contributed by atoms with E-state index in [9.17, 15) is 4.79 Å². The highest BCUT2D eigenvalue weighted by molar-refractivity contribution is 7.09. The van der Waals surface area contributed by atoms with Gasteiger partial charge in [0.15, 0.2) is 0 Å². The quantitative estimate of drug-likeness (QED) is 0.886. The Balaban J connectivity index is 2.09. The van der Waals surface area contributed by atoms with E-state index < -0.39 is 0 Å². The van der Waals surface area contributed by atoms with Crippen molar-refractivity contribution in [2.75, 3.05) is 5.32 Å². The number of hydrogen-bond acceptors (Lipinski definition) is 4. The number of hydrogen-bond donors (Lipinski definition) is 1. The van der Waals surface area contributed by atoms with Gasteiger partial charge in [-0.25, -0.2) is 9.67 Å². The molecule has 2 rings (SSSR count). The molecule has 0 bridgehead atoms. The predicted molar refractivity (Wildman–Crippen MR) is 81.3 cm³/mol. The van der Waals surface area contributed by atoms with Gasteiger partial charge in [0.25, 0.3) is 5.91 Å². The average Bonchev–Trinajstić information content (AvgIpc) is 3.07. The highest BCUT2D eigenvalue weighted by Gasteiger charge is 2.14. The molecule has 1 unspecified atom stereocenters. The van der Waals surface area contributed by atoms with E-state index in [4.69, 9.17) is 0 Å². The van der Waals surface area contributed by atoms with Crippen molar-refractivity contribution in [2.45, 2.75) is 46.1 Å². The normalized spacial score (nSPS) is 12.3. The maximum atomic E-state index is 12.2. The Labute approximate surface area is 123 Å². The number of rotatable bonds is 6. The summed E-state index contributed by atoms with van der Waals surface area (Å²) in [5.41, 5.74) is 0.482. The van der Waals surface area contributed by atoms with Gasteiger partial charge < -0.3 is 5.32 Å². The number of nitrogens with zero attached hydrogens (tertiary/aromatic N) is 3. The van der Waals surface area contributed by atoms with Crippen molar-refractivity contribution >= 4 is 23.1 Å². The fourth-order valence-electron chi connectivity index (χ4n) is 1.86. The second kappa shape index (κ2) is 6.65. The molecule has 108 valence electrons. The minimum Gasteiger partial charge on any atom is -0.305 e. The van der Waals surface area contributed by atoms with Crippen molar-refractivity contribution in [1.29, 1.82) is 0 Å². The summed E-state index contributed by atoms with van der Waals surface area (Å²) in [6, 6.07) is 2.06. The molecule has 0 spiro atoms. The molecule has 0 aliphatic rings. The molecule has 0 saturated carbocycles. The van der Waals surface area contributed by atoms with Crippen molar-refractivity contribution in [3.05, 3.63) is 28.3 Å². The molecule has 0 aromatic carbocycles. The molecule has 5 nitrogen and oxygen atoms in total. The standard InChI is InChI=1S/C14H20N4OS/c1-4-6-13-16-11(9-20-13)14(19)17-12-7-8-15-18(12)10(3)5-2/h7-10H,4-6H2,1-3H3,(H,17,19). The van der Waals surface area contributed by atoms with Crippen LogP contribution in [0.4, 0.5) is 5.82 Å². The molecular formula is C14H20N4OS. The summed E-state index contributed by atoms with van der Waals surface area (Å²) in [5, 5.41) is 9.95. The second-order valence-electron chi connectivity index (χ2n) is 4.75. The fourth-order valence-corrected chi connectivity index (χ4v) is 2.74. The highest BCUT2D eigenvalue weighted by Crippen LogP contribution is 2.18. The van der Waals surface area contributed by atoms with Crippen LogP contribution >= 0.6 is 11.3 Å². The molecule has 0 aliphatic carbocycles. The third kappa shape index (κ3) is 3.25. The molecule has 0 fully saturated rings. The van der Waals surface area contributed by atoms with E-state index in [0.29, 0.717) is 5.69 Å². The van der Waals surface area contributed by atoms with Gasteiger partial charge >= 0.3 is 0 Å². The molecular weight excluding hydrogens is 272 g/mol. The third-order valence-electron chi connectivity index (χ3n) is 3.17. The van der Waals surface area contributed by atoms with Crippen molar-refractivity contribution in [3.8, 4) is 0 Å². The number of amides is 1. The zero-order valence-corrected chi connectivity index (χ0v) is 12.9. The van der Waals surface area contributed by atoms with E-state index in [1.807, 2.05) is 16.1 Å². The Bertz CT molecular complexity index is 575. The Morgan fingerprint density at radius 2 is 2.30 bits per heavy atom. The van der Waals surface area contributed by atoms with Gasteiger partial charge in [0.1, 0.15) is 11.5 Å². The number of carbonyl (C=O) groups excluding carboxylic acids is 1. The van der Waals surface area contributed by atoms with E-state index in [2.05, 4.69) is 36.2 Å². The molecule has 6 heteroatoms. The van der Waals surface area contributed by atoms with Crippen LogP contribution < -0.4 is 5.32 Å². The fraction of sp³-hybridized carbons (Fsp3) is 0.500. The summed E-state index contributed by atoms with van der Waals surface area (Å²) in [4.78, 5) is 16.5. The predicted octanol–water partition coefficient (Wildman–Crippen LogP) is 3.52. The van der Waals surface area contributed by atoms with Gasteiger partial charge in [-0.2, -0.15) is 5.10 Å². The first kappa shape index (κ1) is 14.7. The number of thiazole rings is 1. The number of carbonyl (C=O) groups is 1. The van der Waals surface area contributed by atoms with Gasteiger partial charge in [0.2, 0.25) is 0 Å². The first-order valence-corrected chi connectivity index (χ1v) is 7.82. The Hall–Kier alpha value is -1.69. The summed E-state index contributed by atoms with van der Waals surface area (Å²) in [6.45, 7) is 6.27. The van der Waals surface area contributed by atoms with Crippen LogP contribution in [-0.4, -0.2) is 20.7 Å². The Morgan fingerprint density at radius 1 is 1.50 bits per heavy atom. The Morgan fingerprint density at radius 3 is 3.00 bits per heavy atom. The van der Waals surface area contributed by atoms with Crippen LogP contribution in [0.3, 0.4) is 0 Å². The lowest BCUT2D eigenvalue weighted by Gasteiger charge is -2.13. The van der Waals surface area contributed by atoms with Crippen molar-refractivity contribution in [2.24, 2.45) is 0 Å². The van der Waals surface area contributed by atoms with Crippen LogP contribution in [0.2, 0.25) is 0 Å². The number of anilines is 1. The highest BCUT2D eigenvalue weighted by atomic mass is 32.1. The van der Waals surface area contributed by atoms with Crippen molar-refractivity contribution in [1.82, 2.24) is 14.8 Å². The molecule has 0 radical (unpaired) electrons. The van der Waals surface area contributed by atoms with E-state index >= 15 is 0 Å². The van der Waals surface area contributed by atoms with Crippen LogP contribution in [0.1, 0.15) is 55.2 Å². The lowest BCUT2D eigenvalue weighted by molar-refractivity contribution is 0.102. The minimum absolute atomic E-state index is 0.173.